The first-order valence-corrected chi connectivity index (χ1v) is 5.50. The van der Waals surface area contributed by atoms with Crippen LogP contribution in [0.15, 0.2) is 24.3 Å². The molecule has 1 aromatic rings. The third kappa shape index (κ3) is 2.42. The summed E-state index contributed by atoms with van der Waals surface area (Å²) >= 11 is 0. The Morgan fingerprint density at radius 2 is 1.87 bits per heavy atom. The zero-order chi connectivity index (χ0) is 10.7. The Bertz CT molecular complexity index is 327. The summed E-state index contributed by atoms with van der Waals surface area (Å²) in [4.78, 5) is 0. The smallest absolute Gasteiger partial charge is 0.138 e. The Balaban J connectivity index is 2.04. The summed E-state index contributed by atoms with van der Waals surface area (Å²) in [6.07, 6.45) is 3.77. The van der Waals surface area contributed by atoms with Crippen molar-refractivity contribution in [3.63, 3.8) is 0 Å². The highest BCUT2D eigenvalue weighted by atomic mass is 16.3. The molecule has 0 spiro atoms. The summed E-state index contributed by atoms with van der Waals surface area (Å²) in [5.74, 6) is 0.246. The van der Waals surface area contributed by atoms with Crippen LogP contribution in [0.5, 0.6) is 5.75 Å². The maximum atomic E-state index is 9.78. The molecule has 0 saturated heterocycles. The van der Waals surface area contributed by atoms with Gasteiger partial charge in [-0.05, 0) is 25.0 Å². The Morgan fingerprint density at radius 3 is 2.60 bits per heavy atom. The van der Waals surface area contributed by atoms with Crippen LogP contribution in [0.25, 0.3) is 0 Å². The van der Waals surface area contributed by atoms with Gasteiger partial charge in [-0.15, -0.1) is 0 Å². The zero-order valence-electron chi connectivity index (χ0n) is 8.69. The molecule has 2 rings (SSSR count). The molecule has 3 heteroatoms. The van der Waals surface area contributed by atoms with E-state index in [0.717, 1.165) is 25.7 Å². The summed E-state index contributed by atoms with van der Waals surface area (Å²) in [5, 5.41) is 22.6. The number of benzene rings is 1. The molecule has 0 aromatic heterocycles. The molecule has 1 fully saturated rings. The van der Waals surface area contributed by atoms with Crippen molar-refractivity contribution in [2.45, 2.75) is 37.8 Å². The summed E-state index contributed by atoms with van der Waals surface area (Å²) in [6.45, 7) is 0. The SMILES string of the molecule is Oc1ccccc1N[C@H]1CCCC[C@@H]1O. The minimum atomic E-state index is -0.293. The first-order chi connectivity index (χ1) is 7.27. The molecule has 0 radical (unpaired) electrons. The Hall–Kier alpha value is -1.22. The van der Waals surface area contributed by atoms with Gasteiger partial charge >= 0.3 is 0 Å². The van der Waals surface area contributed by atoms with Crippen molar-refractivity contribution < 1.29 is 10.2 Å². The second-order valence-electron chi connectivity index (χ2n) is 4.12. The van der Waals surface area contributed by atoms with E-state index in [2.05, 4.69) is 5.32 Å². The number of rotatable bonds is 2. The molecule has 0 bridgehead atoms. The molecule has 2 atom stereocenters. The molecule has 1 aliphatic carbocycles. The van der Waals surface area contributed by atoms with E-state index in [1.165, 1.54) is 0 Å². The fourth-order valence-corrected chi connectivity index (χ4v) is 2.08. The van der Waals surface area contributed by atoms with Gasteiger partial charge in [-0.2, -0.15) is 0 Å². The van der Waals surface area contributed by atoms with Gasteiger partial charge in [-0.25, -0.2) is 0 Å². The zero-order valence-corrected chi connectivity index (χ0v) is 8.69. The second-order valence-corrected chi connectivity index (χ2v) is 4.12. The molecular weight excluding hydrogens is 190 g/mol. The standard InChI is InChI=1S/C12H17NO2/c14-11-7-3-1-5-9(11)13-10-6-2-4-8-12(10)15/h1,3,5,7,10,12-15H,2,4,6,8H2/t10-,12-/m0/s1. The average molecular weight is 207 g/mol. The van der Waals surface area contributed by atoms with Gasteiger partial charge in [-0.1, -0.05) is 25.0 Å². The first kappa shape index (κ1) is 10.3. The molecule has 1 aromatic carbocycles. The summed E-state index contributed by atoms with van der Waals surface area (Å²) in [7, 11) is 0. The molecule has 0 aliphatic heterocycles. The van der Waals surface area contributed by atoms with Gasteiger partial charge in [0.2, 0.25) is 0 Å². The van der Waals surface area contributed by atoms with Gasteiger partial charge in [0.05, 0.1) is 17.8 Å². The average Bonchev–Trinajstić information content (AvgIpc) is 2.24. The lowest BCUT2D eigenvalue weighted by Gasteiger charge is -2.29. The van der Waals surface area contributed by atoms with Crippen LogP contribution in [0, 0.1) is 0 Å². The van der Waals surface area contributed by atoms with Crippen molar-refractivity contribution >= 4 is 5.69 Å². The molecule has 0 unspecified atom stereocenters. The van der Waals surface area contributed by atoms with Crippen LogP contribution >= 0.6 is 0 Å². The van der Waals surface area contributed by atoms with Crippen LogP contribution in [-0.2, 0) is 0 Å². The van der Waals surface area contributed by atoms with Crippen molar-refractivity contribution in [3.05, 3.63) is 24.3 Å². The lowest BCUT2D eigenvalue weighted by Crippen LogP contribution is -2.36. The predicted octanol–water partition coefficient (Wildman–Crippen LogP) is 2.11. The first-order valence-electron chi connectivity index (χ1n) is 5.50. The number of anilines is 1. The van der Waals surface area contributed by atoms with E-state index in [-0.39, 0.29) is 17.9 Å². The number of aromatic hydroxyl groups is 1. The van der Waals surface area contributed by atoms with Crippen molar-refractivity contribution in [2.75, 3.05) is 5.32 Å². The molecule has 3 N–H and O–H groups in total. The van der Waals surface area contributed by atoms with Crippen LogP contribution < -0.4 is 5.32 Å². The number of phenolic OH excluding ortho intramolecular Hbond substituents is 1. The van der Waals surface area contributed by atoms with E-state index < -0.39 is 0 Å². The third-order valence-corrected chi connectivity index (χ3v) is 2.97. The fourth-order valence-electron chi connectivity index (χ4n) is 2.08. The molecule has 1 aliphatic rings. The second kappa shape index (κ2) is 4.53. The maximum absolute atomic E-state index is 9.78. The Kier molecular flexibility index (Phi) is 3.11. The largest absolute Gasteiger partial charge is 0.506 e. The van der Waals surface area contributed by atoms with Gasteiger partial charge in [0.15, 0.2) is 0 Å². The molecule has 15 heavy (non-hydrogen) atoms. The number of aliphatic hydroxyl groups excluding tert-OH is 1. The number of hydrogen-bond donors (Lipinski definition) is 3. The molecule has 3 nitrogen and oxygen atoms in total. The van der Waals surface area contributed by atoms with Crippen molar-refractivity contribution in [1.82, 2.24) is 0 Å². The molecule has 0 amide bonds. The quantitative estimate of drug-likeness (QED) is 0.651. The van der Waals surface area contributed by atoms with Crippen molar-refractivity contribution in [2.24, 2.45) is 0 Å². The number of hydrogen-bond acceptors (Lipinski definition) is 3. The highest BCUT2D eigenvalue weighted by Crippen LogP contribution is 2.27. The van der Waals surface area contributed by atoms with Gasteiger partial charge < -0.3 is 15.5 Å². The van der Waals surface area contributed by atoms with Gasteiger partial charge in [-0.3, -0.25) is 0 Å². The van der Waals surface area contributed by atoms with Crippen LogP contribution in [0.4, 0.5) is 5.69 Å². The van der Waals surface area contributed by atoms with Crippen LogP contribution in [-0.4, -0.2) is 22.4 Å². The van der Waals surface area contributed by atoms with Crippen molar-refractivity contribution in [3.8, 4) is 5.75 Å². The summed E-state index contributed by atoms with van der Waals surface area (Å²) in [5.41, 5.74) is 0.712. The van der Waals surface area contributed by atoms with E-state index in [9.17, 15) is 10.2 Å². The van der Waals surface area contributed by atoms with Crippen LogP contribution in [0.2, 0.25) is 0 Å². The van der Waals surface area contributed by atoms with Crippen LogP contribution in [0.1, 0.15) is 25.7 Å². The van der Waals surface area contributed by atoms with Gasteiger partial charge in [0.1, 0.15) is 5.75 Å². The minimum absolute atomic E-state index is 0.0760. The maximum Gasteiger partial charge on any atom is 0.138 e. The lowest BCUT2D eigenvalue weighted by atomic mass is 9.92. The predicted molar refractivity (Wildman–Crippen MR) is 60.0 cm³/mol. The van der Waals surface area contributed by atoms with Gasteiger partial charge in [0.25, 0.3) is 0 Å². The van der Waals surface area contributed by atoms with E-state index >= 15 is 0 Å². The Labute approximate surface area is 89.8 Å². The number of aliphatic hydroxyl groups is 1. The fraction of sp³-hybridized carbons (Fsp3) is 0.500. The summed E-state index contributed by atoms with van der Waals surface area (Å²) in [6, 6.07) is 7.22. The molecule has 82 valence electrons. The van der Waals surface area contributed by atoms with E-state index in [1.54, 1.807) is 12.1 Å². The normalized spacial score (nSPS) is 26.2. The van der Waals surface area contributed by atoms with Gasteiger partial charge in [0, 0.05) is 0 Å². The van der Waals surface area contributed by atoms with Crippen LogP contribution in [0.3, 0.4) is 0 Å². The third-order valence-electron chi connectivity index (χ3n) is 2.97. The number of para-hydroxylation sites is 2. The van der Waals surface area contributed by atoms with E-state index in [1.807, 2.05) is 12.1 Å². The number of nitrogens with one attached hydrogen (secondary N) is 1. The van der Waals surface area contributed by atoms with Crippen molar-refractivity contribution in [1.29, 1.82) is 0 Å². The molecular formula is C12H17NO2. The highest BCUT2D eigenvalue weighted by molar-refractivity contribution is 5.55. The summed E-state index contributed by atoms with van der Waals surface area (Å²) < 4.78 is 0. The minimum Gasteiger partial charge on any atom is -0.506 e. The lowest BCUT2D eigenvalue weighted by molar-refractivity contribution is 0.116. The highest BCUT2D eigenvalue weighted by Gasteiger charge is 2.23. The Morgan fingerprint density at radius 1 is 1.13 bits per heavy atom. The van der Waals surface area contributed by atoms with E-state index in [0.29, 0.717) is 5.69 Å². The molecule has 0 heterocycles. The monoisotopic (exact) mass is 207 g/mol. The number of phenols is 1. The molecule has 1 saturated carbocycles. The van der Waals surface area contributed by atoms with E-state index in [4.69, 9.17) is 0 Å². The topological polar surface area (TPSA) is 52.5 Å².